The van der Waals surface area contributed by atoms with Gasteiger partial charge in [-0.2, -0.15) is 0 Å². The summed E-state index contributed by atoms with van der Waals surface area (Å²) >= 11 is 0. The van der Waals surface area contributed by atoms with Gasteiger partial charge in [-0.05, 0) is 31.1 Å². The number of guanidine groups is 1. The Morgan fingerprint density at radius 1 is 1.11 bits per heavy atom. The molecule has 2 aliphatic heterocycles. The summed E-state index contributed by atoms with van der Waals surface area (Å²) in [5.74, 6) is 0.679. The highest BCUT2D eigenvalue weighted by Gasteiger charge is 2.58. The van der Waals surface area contributed by atoms with Gasteiger partial charge in [-0.1, -0.05) is 12.2 Å². The summed E-state index contributed by atoms with van der Waals surface area (Å²) in [6.07, 6.45) is 7.27. The smallest absolute Gasteiger partial charge is 0.241 e. The molecule has 27 heavy (non-hydrogen) atoms. The van der Waals surface area contributed by atoms with Gasteiger partial charge in [-0.25, -0.2) is 0 Å². The van der Waals surface area contributed by atoms with Crippen molar-refractivity contribution in [2.75, 3.05) is 39.8 Å². The van der Waals surface area contributed by atoms with E-state index in [1.54, 1.807) is 7.05 Å². The van der Waals surface area contributed by atoms with Crippen molar-refractivity contribution < 1.29 is 14.4 Å². The molecule has 0 aromatic heterocycles. The number of carbonyl (C=O) groups excluding carboxylic acids is 3. The predicted molar refractivity (Wildman–Crippen MR) is 99.6 cm³/mol. The van der Waals surface area contributed by atoms with E-state index in [1.165, 1.54) is 4.90 Å². The Kier molecular flexibility index (Phi) is 4.88. The molecule has 1 saturated carbocycles. The predicted octanol–water partition coefficient (Wildman–Crippen LogP) is -0.419. The molecule has 3 amide bonds. The zero-order chi connectivity index (χ0) is 19.0. The quantitative estimate of drug-likeness (QED) is 0.295. The first-order valence-corrected chi connectivity index (χ1v) is 9.86. The van der Waals surface area contributed by atoms with Crippen molar-refractivity contribution in [3.8, 4) is 0 Å². The average molecular weight is 373 g/mol. The van der Waals surface area contributed by atoms with Gasteiger partial charge in [-0.15, -0.1) is 0 Å². The minimum atomic E-state index is -0.150. The molecule has 4 atom stereocenters. The highest BCUT2D eigenvalue weighted by molar-refractivity contribution is 6.06. The maximum Gasteiger partial charge on any atom is 0.241 e. The van der Waals surface area contributed by atoms with E-state index in [9.17, 15) is 14.4 Å². The van der Waals surface area contributed by atoms with Crippen LogP contribution in [-0.4, -0.2) is 73.3 Å². The minimum absolute atomic E-state index is 0.0317. The number of hydrogen-bond acceptors (Lipinski definition) is 4. The first-order chi connectivity index (χ1) is 13.1. The van der Waals surface area contributed by atoms with Crippen LogP contribution in [0.2, 0.25) is 0 Å². The summed E-state index contributed by atoms with van der Waals surface area (Å²) < 4.78 is 0. The van der Waals surface area contributed by atoms with Gasteiger partial charge in [0.15, 0.2) is 5.96 Å². The second kappa shape index (κ2) is 7.32. The van der Waals surface area contributed by atoms with Crippen molar-refractivity contribution >= 4 is 23.7 Å². The monoisotopic (exact) mass is 373 g/mol. The highest BCUT2D eigenvalue weighted by Crippen LogP contribution is 2.52. The van der Waals surface area contributed by atoms with Crippen LogP contribution in [0.5, 0.6) is 0 Å². The molecular formula is C19H27N5O3. The first kappa shape index (κ1) is 18.0. The number of carbonyl (C=O) groups is 3. The Morgan fingerprint density at radius 3 is 2.33 bits per heavy atom. The molecule has 8 heteroatoms. The molecule has 3 fully saturated rings. The summed E-state index contributed by atoms with van der Waals surface area (Å²) in [7, 11) is 1.63. The lowest BCUT2D eigenvalue weighted by molar-refractivity contribution is -0.140. The van der Waals surface area contributed by atoms with Gasteiger partial charge in [0.1, 0.15) is 0 Å². The van der Waals surface area contributed by atoms with E-state index in [0.29, 0.717) is 19.0 Å². The number of fused-ring (bicyclic) bond motifs is 5. The topological polar surface area (TPSA) is 94.1 Å². The molecule has 8 nitrogen and oxygen atoms in total. The number of likely N-dealkylation sites (tertiary alicyclic amines) is 2. The molecule has 0 radical (unpaired) electrons. The fraction of sp³-hybridized carbons (Fsp3) is 0.684. The molecule has 4 rings (SSSR count). The van der Waals surface area contributed by atoms with E-state index in [4.69, 9.17) is 0 Å². The molecule has 0 aromatic rings. The molecule has 146 valence electrons. The van der Waals surface area contributed by atoms with Crippen molar-refractivity contribution in [1.29, 1.82) is 0 Å². The molecule has 0 aromatic carbocycles. The number of nitrogens with one attached hydrogen (secondary N) is 2. The van der Waals surface area contributed by atoms with Crippen molar-refractivity contribution in [1.82, 2.24) is 20.4 Å². The molecule has 4 aliphatic rings. The summed E-state index contributed by atoms with van der Waals surface area (Å²) in [6, 6.07) is 0. The van der Waals surface area contributed by atoms with Crippen molar-refractivity contribution in [2.45, 2.75) is 19.3 Å². The fourth-order valence-electron chi connectivity index (χ4n) is 4.93. The maximum absolute atomic E-state index is 12.6. The van der Waals surface area contributed by atoms with Gasteiger partial charge in [0.25, 0.3) is 0 Å². The summed E-state index contributed by atoms with van der Waals surface area (Å²) in [5.41, 5.74) is 0. The lowest BCUT2D eigenvalue weighted by Gasteiger charge is -2.19. The van der Waals surface area contributed by atoms with Crippen LogP contribution in [0, 0.1) is 23.7 Å². The standard InChI is InChI=1S/C19H27N5O3/c1-20-19(22-11-14(25)23-7-2-3-8-23)21-6-9-24-17(26)15-12-4-5-13(10-12)16(15)18(24)27/h4-5,12-13,15-16H,2-3,6-11H2,1H3,(H2,20,21,22). The molecule has 2 heterocycles. The van der Waals surface area contributed by atoms with Crippen LogP contribution in [0.3, 0.4) is 0 Å². The van der Waals surface area contributed by atoms with Gasteiger partial charge >= 0.3 is 0 Å². The Morgan fingerprint density at radius 2 is 1.74 bits per heavy atom. The van der Waals surface area contributed by atoms with Crippen LogP contribution in [0.25, 0.3) is 0 Å². The molecule has 2 bridgehead atoms. The third-order valence-corrected chi connectivity index (χ3v) is 6.28. The molecule has 2 aliphatic carbocycles. The van der Waals surface area contributed by atoms with E-state index < -0.39 is 0 Å². The normalized spacial score (nSPS) is 31.8. The number of aliphatic imine (C=N–C) groups is 1. The van der Waals surface area contributed by atoms with Crippen LogP contribution in [0.15, 0.2) is 17.1 Å². The molecule has 0 spiro atoms. The second-order valence-corrected chi connectivity index (χ2v) is 7.77. The number of allylic oxidation sites excluding steroid dienone is 2. The Bertz CT molecular complexity index is 667. The van der Waals surface area contributed by atoms with E-state index in [0.717, 1.165) is 32.4 Å². The van der Waals surface area contributed by atoms with Crippen LogP contribution < -0.4 is 10.6 Å². The lowest BCUT2D eigenvalue weighted by atomic mass is 9.85. The third kappa shape index (κ3) is 3.21. The van der Waals surface area contributed by atoms with E-state index in [-0.39, 0.29) is 47.9 Å². The molecular weight excluding hydrogens is 346 g/mol. The maximum atomic E-state index is 12.6. The number of amides is 3. The summed E-state index contributed by atoms with van der Waals surface area (Å²) in [6.45, 7) is 2.58. The molecule has 2 N–H and O–H groups in total. The van der Waals surface area contributed by atoms with Crippen LogP contribution >= 0.6 is 0 Å². The van der Waals surface area contributed by atoms with Gasteiger partial charge in [0.05, 0.1) is 18.4 Å². The number of imide groups is 1. The van der Waals surface area contributed by atoms with E-state index in [1.807, 2.05) is 4.90 Å². The second-order valence-electron chi connectivity index (χ2n) is 7.77. The lowest BCUT2D eigenvalue weighted by Crippen LogP contribution is -2.46. The average Bonchev–Trinajstić information content (AvgIpc) is 3.45. The van der Waals surface area contributed by atoms with Crippen molar-refractivity contribution in [3.05, 3.63) is 12.2 Å². The summed E-state index contributed by atoms with van der Waals surface area (Å²) in [4.78, 5) is 44.7. The highest BCUT2D eigenvalue weighted by atomic mass is 16.2. The van der Waals surface area contributed by atoms with Gasteiger partial charge in [-0.3, -0.25) is 24.3 Å². The first-order valence-electron chi connectivity index (χ1n) is 9.86. The zero-order valence-corrected chi connectivity index (χ0v) is 15.7. The summed E-state index contributed by atoms with van der Waals surface area (Å²) in [5, 5.41) is 6.10. The molecule has 2 saturated heterocycles. The van der Waals surface area contributed by atoms with Crippen LogP contribution in [-0.2, 0) is 14.4 Å². The Balaban J connectivity index is 1.24. The van der Waals surface area contributed by atoms with E-state index >= 15 is 0 Å². The van der Waals surface area contributed by atoms with Crippen molar-refractivity contribution in [3.63, 3.8) is 0 Å². The van der Waals surface area contributed by atoms with E-state index in [2.05, 4.69) is 27.8 Å². The third-order valence-electron chi connectivity index (χ3n) is 6.28. The van der Waals surface area contributed by atoms with Gasteiger partial charge in [0, 0.05) is 33.2 Å². The fourth-order valence-corrected chi connectivity index (χ4v) is 4.93. The zero-order valence-electron chi connectivity index (χ0n) is 15.7. The van der Waals surface area contributed by atoms with Crippen LogP contribution in [0.4, 0.5) is 0 Å². The SMILES string of the molecule is CN=C(NCCN1C(=O)C2C3C=CC(C3)C2C1=O)NCC(=O)N1CCCC1. The number of rotatable bonds is 5. The number of hydrogen-bond donors (Lipinski definition) is 2. The van der Waals surface area contributed by atoms with Crippen molar-refractivity contribution in [2.24, 2.45) is 28.7 Å². The largest absolute Gasteiger partial charge is 0.355 e. The Hall–Kier alpha value is -2.38. The number of nitrogens with zero attached hydrogens (tertiary/aromatic N) is 3. The molecule has 4 unspecified atom stereocenters. The minimum Gasteiger partial charge on any atom is -0.355 e. The van der Waals surface area contributed by atoms with Crippen LogP contribution in [0.1, 0.15) is 19.3 Å². The Labute approximate surface area is 159 Å². The van der Waals surface area contributed by atoms with Gasteiger partial charge in [0.2, 0.25) is 17.7 Å². The van der Waals surface area contributed by atoms with Gasteiger partial charge < -0.3 is 15.5 Å².